The highest BCUT2D eigenvalue weighted by Gasteiger charge is 2.38. The maximum atomic E-state index is 14.4. The van der Waals surface area contributed by atoms with Gasteiger partial charge in [0.05, 0.1) is 18.8 Å². The van der Waals surface area contributed by atoms with Crippen molar-refractivity contribution in [2.24, 2.45) is 0 Å². The summed E-state index contributed by atoms with van der Waals surface area (Å²) < 4.78 is 47.2. The number of halogens is 1. The summed E-state index contributed by atoms with van der Waals surface area (Å²) in [5, 5.41) is -0.372. The van der Waals surface area contributed by atoms with Crippen LogP contribution in [0.15, 0.2) is 95.9 Å². The number of methoxy groups -OCH3 is 1. The zero-order valence-electron chi connectivity index (χ0n) is 24.7. The molecule has 0 saturated carbocycles. The Morgan fingerprint density at radius 1 is 0.905 bits per heavy atom. The molecule has 4 aromatic carbocycles. The van der Waals surface area contributed by atoms with Crippen molar-refractivity contribution in [3.63, 3.8) is 0 Å². The SMILES string of the molecule is COC1CC(OCc2ccccc2)CC(C[C@H](c2c(C)cc(C)cc2-c2ccc(F)c(C)c2)[S+]([O-])c2ccccc2)O1. The molecule has 1 aliphatic rings. The molecule has 1 fully saturated rings. The summed E-state index contributed by atoms with van der Waals surface area (Å²) in [4.78, 5) is 0.764. The lowest BCUT2D eigenvalue weighted by Gasteiger charge is -2.36. The molecule has 6 heteroatoms. The number of aryl methyl sites for hydroxylation is 3. The molecule has 1 heterocycles. The molecule has 0 spiro atoms. The van der Waals surface area contributed by atoms with E-state index in [1.165, 1.54) is 6.07 Å². The van der Waals surface area contributed by atoms with E-state index in [0.29, 0.717) is 31.4 Å². The summed E-state index contributed by atoms with van der Waals surface area (Å²) >= 11 is -1.38. The minimum absolute atomic E-state index is 0.0574. The van der Waals surface area contributed by atoms with Gasteiger partial charge in [0.1, 0.15) is 11.1 Å². The second kappa shape index (κ2) is 14.0. The van der Waals surface area contributed by atoms with E-state index in [4.69, 9.17) is 14.2 Å². The number of hydrogen-bond donors (Lipinski definition) is 0. The van der Waals surface area contributed by atoms with Crippen LogP contribution in [-0.2, 0) is 32.0 Å². The van der Waals surface area contributed by atoms with E-state index in [9.17, 15) is 8.94 Å². The van der Waals surface area contributed by atoms with Gasteiger partial charge in [-0.25, -0.2) is 4.39 Å². The Balaban J connectivity index is 1.51. The van der Waals surface area contributed by atoms with Crippen LogP contribution in [0, 0.1) is 26.6 Å². The molecule has 1 aliphatic heterocycles. The molecule has 4 nitrogen and oxygen atoms in total. The molecule has 4 unspecified atom stereocenters. The van der Waals surface area contributed by atoms with Gasteiger partial charge in [-0.3, -0.25) is 0 Å². The molecule has 42 heavy (non-hydrogen) atoms. The van der Waals surface area contributed by atoms with Gasteiger partial charge in [-0.15, -0.1) is 0 Å². The number of benzene rings is 4. The first-order valence-electron chi connectivity index (χ1n) is 14.5. The van der Waals surface area contributed by atoms with E-state index in [0.717, 1.165) is 38.3 Å². The third-order valence-corrected chi connectivity index (χ3v) is 9.63. The van der Waals surface area contributed by atoms with Gasteiger partial charge < -0.3 is 18.8 Å². The lowest BCUT2D eigenvalue weighted by molar-refractivity contribution is -0.213. The third kappa shape index (κ3) is 7.31. The van der Waals surface area contributed by atoms with E-state index < -0.39 is 17.5 Å². The molecule has 0 radical (unpaired) electrons. The van der Waals surface area contributed by atoms with E-state index in [1.54, 1.807) is 14.0 Å². The van der Waals surface area contributed by atoms with Gasteiger partial charge in [-0.1, -0.05) is 72.3 Å². The molecular formula is C36H39FO4S. The quantitative estimate of drug-likeness (QED) is 0.175. The fourth-order valence-electron chi connectivity index (χ4n) is 5.88. The highest BCUT2D eigenvalue weighted by molar-refractivity contribution is 7.91. The summed E-state index contributed by atoms with van der Waals surface area (Å²) in [5.41, 5.74) is 6.73. The van der Waals surface area contributed by atoms with Gasteiger partial charge in [0.25, 0.3) is 0 Å². The minimum atomic E-state index is -1.38. The van der Waals surface area contributed by atoms with Crippen molar-refractivity contribution < 1.29 is 23.2 Å². The summed E-state index contributed by atoms with van der Waals surface area (Å²) in [6.07, 6.45) is 1.13. The molecule has 220 valence electrons. The Labute approximate surface area is 252 Å². The van der Waals surface area contributed by atoms with Crippen molar-refractivity contribution in [3.05, 3.63) is 125 Å². The molecule has 0 aliphatic carbocycles. The third-order valence-electron chi connectivity index (χ3n) is 7.95. The average molecular weight is 587 g/mol. The molecule has 5 atom stereocenters. The molecule has 4 aromatic rings. The summed E-state index contributed by atoms with van der Waals surface area (Å²) in [6, 6.07) is 29.2. The molecule has 1 saturated heterocycles. The van der Waals surface area contributed by atoms with Gasteiger partial charge in [-0.05, 0) is 84.0 Å². The van der Waals surface area contributed by atoms with Gasteiger partial charge in [0.15, 0.2) is 11.2 Å². The monoisotopic (exact) mass is 586 g/mol. The lowest BCUT2D eigenvalue weighted by Crippen LogP contribution is -2.39. The van der Waals surface area contributed by atoms with E-state index >= 15 is 0 Å². The highest BCUT2D eigenvalue weighted by Crippen LogP contribution is 2.43. The van der Waals surface area contributed by atoms with Crippen LogP contribution in [0.3, 0.4) is 0 Å². The molecule has 5 rings (SSSR count). The van der Waals surface area contributed by atoms with Crippen LogP contribution in [-0.4, -0.2) is 30.2 Å². The fourth-order valence-corrected chi connectivity index (χ4v) is 7.56. The van der Waals surface area contributed by atoms with E-state index in [1.807, 2.05) is 60.7 Å². The number of hydrogen-bond acceptors (Lipinski definition) is 4. The normalized spacial score (nSPS) is 20.3. The van der Waals surface area contributed by atoms with Gasteiger partial charge in [0.2, 0.25) is 0 Å². The van der Waals surface area contributed by atoms with E-state index in [2.05, 4.69) is 38.1 Å². The van der Waals surface area contributed by atoms with Gasteiger partial charge in [-0.2, -0.15) is 0 Å². The fraction of sp³-hybridized carbons (Fsp3) is 0.333. The summed E-state index contributed by atoms with van der Waals surface area (Å²) in [7, 11) is 1.65. The second-order valence-corrected chi connectivity index (χ2v) is 12.8. The van der Waals surface area contributed by atoms with Crippen molar-refractivity contribution >= 4 is 11.2 Å². The van der Waals surface area contributed by atoms with Crippen LogP contribution >= 0.6 is 0 Å². The first-order chi connectivity index (χ1) is 20.3. The van der Waals surface area contributed by atoms with Crippen LogP contribution in [0.2, 0.25) is 0 Å². The second-order valence-electron chi connectivity index (χ2n) is 11.2. The van der Waals surface area contributed by atoms with Gasteiger partial charge in [0, 0.05) is 31.9 Å². The van der Waals surface area contributed by atoms with Crippen LogP contribution in [0.25, 0.3) is 11.1 Å². The zero-order chi connectivity index (χ0) is 29.6. The Kier molecular flexibility index (Phi) is 10.1. The van der Waals surface area contributed by atoms with Crippen LogP contribution in [0.4, 0.5) is 4.39 Å². The van der Waals surface area contributed by atoms with Crippen molar-refractivity contribution in [2.45, 2.75) is 75.3 Å². The highest BCUT2D eigenvalue weighted by atomic mass is 32.2. The van der Waals surface area contributed by atoms with Crippen LogP contribution in [0.5, 0.6) is 0 Å². The molecule has 0 amide bonds. The molecule has 0 aromatic heterocycles. The maximum Gasteiger partial charge on any atom is 0.160 e. The first-order valence-corrected chi connectivity index (χ1v) is 15.7. The molecular weight excluding hydrogens is 547 g/mol. The van der Waals surface area contributed by atoms with Crippen LogP contribution < -0.4 is 0 Å². The van der Waals surface area contributed by atoms with Crippen LogP contribution in [0.1, 0.15) is 52.3 Å². The number of ether oxygens (including phenoxy) is 3. The Hall–Kier alpha value is -3.00. The first kappa shape index (κ1) is 30.5. The summed E-state index contributed by atoms with van der Waals surface area (Å²) in [6.45, 7) is 6.42. The molecule has 0 bridgehead atoms. The summed E-state index contributed by atoms with van der Waals surface area (Å²) in [5.74, 6) is -0.239. The Morgan fingerprint density at radius 3 is 2.31 bits per heavy atom. The van der Waals surface area contributed by atoms with Gasteiger partial charge >= 0.3 is 0 Å². The van der Waals surface area contributed by atoms with E-state index in [-0.39, 0.29) is 23.3 Å². The van der Waals surface area contributed by atoms with Crippen molar-refractivity contribution in [3.8, 4) is 11.1 Å². The van der Waals surface area contributed by atoms with Crippen molar-refractivity contribution in [1.29, 1.82) is 0 Å². The maximum absolute atomic E-state index is 14.4. The average Bonchev–Trinajstić information content (AvgIpc) is 3.00. The number of rotatable bonds is 10. The predicted octanol–water partition coefficient (Wildman–Crippen LogP) is 8.39. The van der Waals surface area contributed by atoms with Crippen molar-refractivity contribution in [1.82, 2.24) is 0 Å². The zero-order valence-corrected chi connectivity index (χ0v) is 25.5. The topological polar surface area (TPSA) is 50.8 Å². The Morgan fingerprint density at radius 2 is 1.62 bits per heavy atom. The Bertz CT molecular complexity index is 1460. The largest absolute Gasteiger partial charge is 0.611 e. The standard InChI is InChI=1S/C36H39FO4S/c1-24-17-26(3)36(32(18-24)28-15-16-33(37)25(2)19-28)34(42(38)31-13-9-6-10-14-31)21-30-20-29(22-35(39-4)41-30)40-23-27-11-7-5-8-12-27/h5-19,29-30,34-35H,20-23H2,1-4H3/t29?,30?,34-,35?,42?/m1/s1. The van der Waals surface area contributed by atoms with Crippen molar-refractivity contribution in [2.75, 3.05) is 7.11 Å². The molecule has 0 N–H and O–H groups in total. The minimum Gasteiger partial charge on any atom is -0.611 e. The lowest BCUT2D eigenvalue weighted by atomic mass is 9.88. The predicted molar refractivity (Wildman–Crippen MR) is 166 cm³/mol. The smallest absolute Gasteiger partial charge is 0.160 e.